The molecule has 8 heteroatoms. The summed E-state index contributed by atoms with van der Waals surface area (Å²) in [6, 6.07) is 13.5. The number of carboxylic acid groups (broad SMARTS) is 1. The van der Waals surface area contributed by atoms with Crippen molar-refractivity contribution in [2.24, 2.45) is 11.8 Å². The van der Waals surface area contributed by atoms with Gasteiger partial charge in [-0.2, -0.15) is 0 Å². The first kappa shape index (κ1) is 22.8. The fourth-order valence-electron chi connectivity index (χ4n) is 5.16. The molecule has 174 valence electrons. The van der Waals surface area contributed by atoms with Crippen molar-refractivity contribution in [2.45, 2.75) is 38.9 Å². The zero-order chi connectivity index (χ0) is 23.9. The molecule has 33 heavy (non-hydrogen) atoms. The van der Waals surface area contributed by atoms with Gasteiger partial charge in [0.15, 0.2) is 0 Å². The summed E-state index contributed by atoms with van der Waals surface area (Å²) in [5.74, 6) is -4.17. The average Bonchev–Trinajstić information content (AvgIpc) is 3.24. The quantitative estimate of drug-likeness (QED) is 0.555. The minimum Gasteiger partial charge on any atom is -0.508 e. The fourth-order valence-corrected chi connectivity index (χ4v) is 5.16. The van der Waals surface area contributed by atoms with E-state index in [1.807, 2.05) is 50.2 Å². The van der Waals surface area contributed by atoms with Gasteiger partial charge < -0.3 is 15.1 Å². The summed E-state index contributed by atoms with van der Waals surface area (Å²) in [7, 11) is 0. The number of imide groups is 1. The van der Waals surface area contributed by atoms with Gasteiger partial charge in [0.25, 0.3) is 0 Å². The topological polar surface area (TPSA) is 110 Å². The Bertz CT molecular complexity index is 1080. The van der Waals surface area contributed by atoms with Crippen LogP contribution in [0.25, 0.3) is 0 Å². The third-order valence-electron chi connectivity index (χ3n) is 6.98. The molecule has 0 saturated carbocycles. The molecule has 2 fully saturated rings. The van der Waals surface area contributed by atoms with Crippen LogP contribution in [0.3, 0.4) is 0 Å². The van der Waals surface area contributed by atoms with Crippen LogP contribution in [-0.2, 0) is 20.9 Å². The number of rotatable bonds is 7. The van der Waals surface area contributed by atoms with E-state index in [0.717, 1.165) is 29.2 Å². The Labute approximate surface area is 192 Å². The number of aliphatic carboxylic acids is 1. The molecule has 2 aliphatic rings. The predicted molar refractivity (Wildman–Crippen MR) is 123 cm³/mol. The highest BCUT2D eigenvalue weighted by Gasteiger charge is 2.66. The van der Waals surface area contributed by atoms with Crippen LogP contribution in [0.2, 0.25) is 0 Å². The van der Waals surface area contributed by atoms with Crippen molar-refractivity contribution in [3.05, 3.63) is 59.7 Å². The van der Waals surface area contributed by atoms with Crippen LogP contribution in [0.4, 0.5) is 5.69 Å². The third-order valence-corrected chi connectivity index (χ3v) is 6.98. The van der Waals surface area contributed by atoms with Crippen LogP contribution in [0, 0.1) is 11.8 Å². The van der Waals surface area contributed by atoms with Crippen LogP contribution in [0.1, 0.15) is 37.9 Å². The normalized spacial score (nSPS) is 26.5. The number of nitrogens with one attached hydrogen (secondary N) is 1. The van der Waals surface area contributed by atoms with E-state index in [1.54, 1.807) is 12.1 Å². The monoisotopic (exact) mass is 451 g/mol. The average molecular weight is 452 g/mol. The summed E-state index contributed by atoms with van der Waals surface area (Å²) in [5, 5.41) is 23.9. The van der Waals surface area contributed by atoms with Crippen LogP contribution in [0.5, 0.6) is 5.75 Å². The molecule has 2 aromatic carbocycles. The second kappa shape index (κ2) is 8.51. The van der Waals surface area contributed by atoms with E-state index in [4.69, 9.17) is 0 Å². The van der Waals surface area contributed by atoms with Crippen molar-refractivity contribution in [3.8, 4) is 5.75 Å². The number of amides is 2. The van der Waals surface area contributed by atoms with Gasteiger partial charge in [0.05, 0.1) is 18.4 Å². The third kappa shape index (κ3) is 3.64. The minimum absolute atomic E-state index is 0.0351. The van der Waals surface area contributed by atoms with Gasteiger partial charge in [-0.15, -0.1) is 0 Å². The molecule has 2 heterocycles. The first-order valence-electron chi connectivity index (χ1n) is 11.2. The van der Waals surface area contributed by atoms with Crippen LogP contribution in [0.15, 0.2) is 48.5 Å². The number of carbonyl (C=O) groups excluding carboxylic acids is 2. The maximum atomic E-state index is 13.5. The van der Waals surface area contributed by atoms with Crippen LogP contribution in [-0.4, -0.2) is 51.5 Å². The Morgan fingerprint density at radius 3 is 2.33 bits per heavy atom. The van der Waals surface area contributed by atoms with Gasteiger partial charge in [0.2, 0.25) is 11.8 Å². The lowest BCUT2D eigenvalue weighted by Crippen LogP contribution is -2.53. The number of benzene rings is 2. The Morgan fingerprint density at radius 1 is 1.09 bits per heavy atom. The maximum absolute atomic E-state index is 13.5. The Hall–Kier alpha value is -3.39. The smallest absolute Gasteiger partial charge is 0.324 e. The first-order valence-corrected chi connectivity index (χ1v) is 11.2. The van der Waals surface area contributed by atoms with Crippen molar-refractivity contribution in [1.82, 2.24) is 10.2 Å². The first-order chi connectivity index (χ1) is 15.7. The van der Waals surface area contributed by atoms with Crippen LogP contribution >= 0.6 is 0 Å². The number of phenols is 1. The van der Waals surface area contributed by atoms with Gasteiger partial charge in [-0.3, -0.25) is 24.6 Å². The Kier molecular flexibility index (Phi) is 5.88. The SMILES string of the molecule is CCN(CC)c1ccc([C@@H]2N[C@](C)(C(=O)O)[C@@H]3C(=O)N(Cc4ccccc4)C(=O)[C@@H]32)c(O)c1. The van der Waals surface area contributed by atoms with Gasteiger partial charge in [0, 0.05) is 36.4 Å². The standard InChI is InChI=1S/C25H29N3O5/c1-4-27(5-2)16-11-12-17(18(29)13-16)21-19-20(25(3,26-21)24(32)33)23(31)28(22(19)30)14-15-9-7-6-8-10-15/h6-13,19-21,26,29H,4-5,14H2,1-3H3,(H,32,33)/t19-,20-,21-,25-/m0/s1. The lowest BCUT2D eigenvalue weighted by atomic mass is 9.80. The van der Waals surface area contributed by atoms with E-state index in [1.165, 1.54) is 6.92 Å². The number of phenolic OH excluding ortho intramolecular Hbond substituents is 1. The molecule has 2 amide bonds. The zero-order valence-corrected chi connectivity index (χ0v) is 19.0. The molecule has 2 aromatic rings. The van der Waals surface area contributed by atoms with Crippen molar-refractivity contribution >= 4 is 23.5 Å². The largest absolute Gasteiger partial charge is 0.508 e. The zero-order valence-electron chi connectivity index (χ0n) is 19.0. The summed E-state index contributed by atoms with van der Waals surface area (Å²) < 4.78 is 0. The molecule has 0 radical (unpaired) electrons. The van der Waals surface area contributed by atoms with E-state index in [0.29, 0.717) is 5.56 Å². The van der Waals surface area contributed by atoms with E-state index >= 15 is 0 Å². The van der Waals surface area contributed by atoms with Gasteiger partial charge in [-0.25, -0.2) is 0 Å². The number of hydrogen-bond acceptors (Lipinski definition) is 6. The molecule has 0 spiro atoms. The highest BCUT2D eigenvalue weighted by molar-refractivity contribution is 6.09. The predicted octanol–water partition coefficient (Wildman–Crippen LogP) is 2.53. The Balaban J connectivity index is 1.73. The van der Waals surface area contributed by atoms with E-state index in [-0.39, 0.29) is 12.3 Å². The summed E-state index contributed by atoms with van der Waals surface area (Å²) >= 11 is 0. The summed E-state index contributed by atoms with van der Waals surface area (Å²) in [6.07, 6.45) is 0. The number of carboxylic acids is 1. The van der Waals surface area contributed by atoms with Gasteiger partial charge >= 0.3 is 5.97 Å². The molecule has 4 rings (SSSR count). The molecule has 2 aliphatic heterocycles. The van der Waals surface area contributed by atoms with Crippen molar-refractivity contribution in [1.29, 1.82) is 0 Å². The molecule has 0 bridgehead atoms. The molecule has 3 N–H and O–H groups in total. The van der Waals surface area contributed by atoms with E-state index < -0.39 is 41.2 Å². The van der Waals surface area contributed by atoms with Crippen molar-refractivity contribution in [3.63, 3.8) is 0 Å². The van der Waals surface area contributed by atoms with Gasteiger partial charge in [0.1, 0.15) is 11.3 Å². The summed E-state index contributed by atoms with van der Waals surface area (Å²) in [4.78, 5) is 42.3. The molecular formula is C25H29N3O5. The van der Waals surface area contributed by atoms with E-state index in [2.05, 4.69) is 10.2 Å². The number of nitrogens with zero attached hydrogens (tertiary/aromatic N) is 2. The lowest BCUT2D eigenvalue weighted by Gasteiger charge is -2.28. The molecule has 0 aromatic heterocycles. The van der Waals surface area contributed by atoms with Crippen molar-refractivity contribution < 1.29 is 24.6 Å². The molecule has 8 nitrogen and oxygen atoms in total. The number of carbonyl (C=O) groups is 3. The number of aromatic hydroxyl groups is 1. The highest BCUT2D eigenvalue weighted by Crippen LogP contribution is 2.50. The van der Waals surface area contributed by atoms with Crippen LogP contribution < -0.4 is 10.2 Å². The Morgan fingerprint density at radius 2 is 1.76 bits per heavy atom. The highest BCUT2D eigenvalue weighted by atomic mass is 16.4. The lowest BCUT2D eigenvalue weighted by molar-refractivity contribution is -0.150. The maximum Gasteiger partial charge on any atom is 0.324 e. The van der Waals surface area contributed by atoms with Gasteiger partial charge in [-0.1, -0.05) is 36.4 Å². The number of anilines is 1. The van der Waals surface area contributed by atoms with Gasteiger partial charge in [-0.05, 0) is 32.4 Å². The minimum atomic E-state index is -1.64. The second-order valence-electron chi connectivity index (χ2n) is 8.80. The molecular weight excluding hydrogens is 422 g/mol. The number of likely N-dealkylation sites (tertiary alicyclic amines) is 1. The number of hydrogen-bond donors (Lipinski definition) is 3. The fraction of sp³-hybridized carbons (Fsp3) is 0.400. The molecule has 4 atom stereocenters. The molecule has 0 unspecified atom stereocenters. The van der Waals surface area contributed by atoms with E-state index in [9.17, 15) is 24.6 Å². The van der Waals surface area contributed by atoms with Crippen molar-refractivity contribution in [2.75, 3.05) is 18.0 Å². The summed E-state index contributed by atoms with van der Waals surface area (Å²) in [5.41, 5.74) is 0.384. The molecule has 0 aliphatic carbocycles. The molecule has 2 saturated heterocycles. The second-order valence-corrected chi connectivity index (χ2v) is 8.80. The summed E-state index contributed by atoms with van der Waals surface area (Å²) in [6.45, 7) is 7.08. The number of fused-ring (bicyclic) bond motifs is 1.